The second-order valence-electron chi connectivity index (χ2n) is 5.47. The van der Waals surface area contributed by atoms with Crippen LogP contribution in [0.1, 0.15) is 46.4 Å². The molecule has 3 rings (SSSR count). The van der Waals surface area contributed by atoms with E-state index in [1.165, 1.54) is 17.7 Å². The molecule has 1 unspecified atom stereocenters. The van der Waals surface area contributed by atoms with Crippen LogP contribution in [-0.2, 0) is 0 Å². The van der Waals surface area contributed by atoms with Crippen molar-refractivity contribution >= 4 is 11.8 Å². The summed E-state index contributed by atoms with van der Waals surface area (Å²) in [5.74, 6) is 0.0485. The Morgan fingerprint density at radius 1 is 1.11 bits per heavy atom. The number of fused-ring (bicyclic) bond motifs is 1. The Balaban J connectivity index is 1.76. The standard InChI is InChI=1S/C15H18N2O2/c16-13(10-5-1-2-6-10)9-17-14(18)11-7-3-4-8-12(11)15(17)19/h3-4,7-8,10,13H,1-2,5-6,9,16H2. The van der Waals surface area contributed by atoms with E-state index in [9.17, 15) is 9.59 Å². The molecule has 0 spiro atoms. The zero-order valence-electron chi connectivity index (χ0n) is 10.8. The van der Waals surface area contributed by atoms with E-state index in [-0.39, 0.29) is 17.9 Å². The molecule has 0 radical (unpaired) electrons. The van der Waals surface area contributed by atoms with E-state index in [1.54, 1.807) is 24.3 Å². The van der Waals surface area contributed by atoms with Gasteiger partial charge in [0.1, 0.15) is 0 Å². The van der Waals surface area contributed by atoms with Gasteiger partial charge in [-0.05, 0) is 30.9 Å². The van der Waals surface area contributed by atoms with E-state index in [4.69, 9.17) is 5.73 Å². The number of nitrogens with zero attached hydrogens (tertiary/aromatic N) is 1. The minimum Gasteiger partial charge on any atom is -0.326 e. The second-order valence-corrected chi connectivity index (χ2v) is 5.47. The lowest BCUT2D eigenvalue weighted by Gasteiger charge is -2.23. The van der Waals surface area contributed by atoms with Crippen LogP contribution in [0.4, 0.5) is 0 Å². The summed E-state index contributed by atoms with van der Waals surface area (Å²) < 4.78 is 0. The molecule has 1 aromatic rings. The van der Waals surface area contributed by atoms with Crippen molar-refractivity contribution in [3.8, 4) is 0 Å². The Morgan fingerprint density at radius 2 is 1.63 bits per heavy atom. The molecular formula is C15H18N2O2. The van der Waals surface area contributed by atoms with Crippen molar-refractivity contribution in [1.82, 2.24) is 4.90 Å². The van der Waals surface area contributed by atoms with Crippen molar-refractivity contribution in [2.75, 3.05) is 6.54 Å². The molecule has 0 saturated heterocycles. The zero-order chi connectivity index (χ0) is 13.4. The Hall–Kier alpha value is -1.68. The van der Waals surface area contributed by atoms with Gasteiger partial charge in [0.15, 0.2) is 0 Å². The Kier molecular flexibility index (Phi) is 3.11. The predicted molar refractivity (Wildman–Crippen MR) is 71.7 cm³/mol. The van der Waals surface area contributed by atoms with E-state index >= 15 is 0 Å². The number of rotatable bonds is 3. The van der Waals surface area contributed by atoms with Crippen LogP contribution >= 0.6 is 0 Å². The van der Waals surface area contributed by atoms with Crippen molar-refractivity contribution in [2.24, 2.45) is 11.7 Å². The average molecular weight is 258 g/mol. The van der Waals surface area contributed by atoms with Gasteiger partial charge in [0.25, 0.3) is 11.8 Å². The molecule has 100 valence electrons. The Morgan fingerprint density at radius 3 is 2.16 bits per heavy atom. The van der Waals surface area contributed by atoms with Crippen LogP contribution in [0, 0.1) is 5.92 Å². The third-order valence-electron chi connectivity index (χ3n) is 4.28. The third kappa shape index (κ3) is 2.06. The summed E-state index contributed by atoms with van der Waals surface area (Å²) in [6.07, 6.45) is 4.65. The van der Waals surface area contributed by atoms with Crippen LogP contribution < -0.4 is 5.73 Å². The quantitative estimate of drug-likeness (QED) is 0.841. The van der Waals surface area contributed by atoms with E-state index in [1.807, 2.05) is 0 Å². The summed E-state index contributed by atoms with van der Waals surface area (Å²) in [5.41, 5.74) is 7.18. The highest BCUT2D eigenvalue weighted by molar-refractivity contribution is 6.21. The number of imide groups is 1. The SMILES string of the molecule is NC(CN1C(=O)c2ccccc2C1=O)C1CCCC1. The fraction of sp³-hybridized carbons (Fsp3) is 0.467. The maximum Gasteiger partial charge on any atom is 0.261 e. The Labute approximate surface area is 112 Å². The highest BCUT2D eigenvalue weighted by Crippen LogP contribution is 2.29. The van der Waals surface area contributed by atoms with Gasteiger partial charge in [-0.1, -0.05) is 25.0 Å². The molecule has 1 aliphatic heterocycles. The molecule has 1 saturated carbocycles. The van der Waals surface area contributed by atoms with Gasteiger partial charge >= 0.3 is 0 Å². The van der Waals surface area contributed by atoms with E-state index in [0.717, 1.165) is 12.8 Å². The molecule has 2 aliphatic rings. The maximum absolute atomic E-state index is 12.2. The fourth-order valence-corrected chi connectivity index (χ4v) is 3.15. The first-order valence-electron chi connectivity index (χ1n) is 6.89. The normalized spacial score (nSPS) is 21.0. The van der Waals surface area contributed by atoms with Gasteiger partial charge in [0.05, 0.1) is 11.1 Å². The lowest BCUT2D eigenvalue weighted by atomic mass is 9.98. The smallest absolute Gasteiger partial charge is 0.261 e. The molecule has 2 amide bonds. The van der Waals surface area contributed by atoms with Gasteiger partial charge in [0.2, 0.25) is 0 Å². The molecule has 1 heterocycles. The molecule has 1 atom stereocenters. The van der Waals surface area contributed by atoms with Crippen LogP contribution in [0.5, 0.6) is 0 Å². The van der Waals surface area contributed by atoms with Crippen molar-refractivity contribution < 1.29 is 9.59 Å². The van der Waals surface area contributed by atoms with Crippen LogP contribution in [0.15, 0.2) is 24.3 Å². The molecule has 1 fully saturated rings. The third-order valence-corrected chi connectivity index (χ3v) is 4.28. The minimum absolute atomic E-state index is 0.0929. The molecule has 2 N–H and O–H groups in total. The van der Waals surface area contributed by atoms with Crippen LogP contribution in [0.3, 0.4) is 0 Å². The summed E-state index contributed by atoms with van der Waals surface area (Å²) in [7, 11) is 0. The topological polar surface area (TPSA) is 63.4 Å². The van der Waals surface area contributed by atoms with Crippen molar-refractivity contribution in [2.45, 2.75) is 31.7 Å². The molecule has 1 aromatic carbocycles. The first kappa shape index (κ1) is 12.4. The summed E-state index contributed by atoms with van der Waals surface area (Å²) in [4.78, 5) is 25.7. The van der Waals surface area contributed by atoms with Gasteiger partial charge in [-0.3, -0.25) is 14.5 Å². The zero-order valence-corrected chi connectivity index (χ0v) is 10.8. The fourth-order valence-electron chi connectivity index (χ4n) is 3.15. The van der Waals surface area contributed by atoms with Gasteiger partial charge < -0.3 is 5.73 Å². The highest BCUT2D eigenvalue weighted by Gasteiger charge is 2.37. The largest absolute Gasteiger partial charge is 0.326 e. The first-order chi connectivity index (χ1) is 9.18. The molecule has 1 aliphatic carbocycles. The monoisotopic (exact) mass is 258 g/mol. The highest BCUT2D eigenvalue weighted by atomic mass is 16.2. The number of carbonyl (C=O) groups is 2. The summed E-state index contributed by atoms with van der Waals surface area (Å²) >= 11 is 0. The van der Waals surface area contributed by atoms with Crippen molar-refractivity contribution in [3.63, 3.8) is 0 Å². The second kappa shape index (κ2) is 4.78. The predicted octanol–water partition coefficient (Wildman–Crippen LogP) is 1.80. The number of hydrogen-bond acceptors (Lipinski definition) is 3. The Bertz CT molecular complexity index is 486. The molecule has 0 bridgehead atoms. The summed E-state index contributed by atoms with van der Waals surface area (Å²) in [5, 5.41) is 0. The van der Waals surface area contributed by atoms with Crippen LogP contribution in [-0.4, -0.2) is 29.3 Å². The van der Waals surface area contributed by atoms with Crippen molar-refractivity contribution in [1.29, 1.82) is 0 Å². The molecular weight excluding hydrogens is 240 g/mol. The number of nitrogens with two attached hydrogens (primary N) is 1. The number of amides is 2. The average Bonchev–Trinajstić information content (AvgIpc) is 3.03. The van der Waals surface area contributed by atoms with E-state index in [2.05, 4.69) is 0 Å². The minimum atomic E-state index is -0.200. The van der Waals surface area contributed by atoms with E-state index < -0.39 is 0 Å². The maximum atomic E-state index is 12.2. The molecule has 4 heteroatoms. The van der Waals surface area contributed by atoms with Gasteiger partial charge in [-0.2, -0.15) is 0 Å². The molecule has 4 nitrogen and oxygen atoms in total. The first-order valence-corrected chi connectivity index (χ1v) is 6.89. The van der Waals surface area contributed by atoms with Crippen molar-refractivity contribution in [3.05, 3.63) is 35.4 Å². The van der Waals surface area contributed by atoms with E-state index in [0.29, 0.717) is 23.6 Å². The summed E-state index contributed by atoms with van der Waals surface area (Å²) in [6, 6.07) is 6.88. The lowest BCUT2D eigenvalue weighted by Crippen LogP contribution is -2.44. The van der Waals surface area contributed by atoms with Gasteiger partial charge in [0, 0.05) is 12.6 Å². The van der Waals surface area contributed by atoms with Crippen LogP contribution in [0.2, 0.25) is 0 Å². The van der Waals surface area contributed by atoms with Gasteiger partial charge in [-0.25, -0.2) is 0 Å². The van der Waals surface area contributed by atoms with Gasteiger partial charge in [-0.15, -0.1) is 0 Å². The lowest BCUT2D eigenvalue weighted by molar-refractivity contribution is 0.0635. The molecule has 0 aromatic heterocycles. The number of carbonyl (C=O) groups excluding carboxylic acids is 2. The summed E-state index contributed by atoms with van der Waals surface area (Å²) in [6.45, 7) is 0.344. The van der Waals surface area contributed by atoms with Crippen LogP contribution in [0.25, 0.3) is 0 Å². The number of hydrogen-bond donors (Lipinski definition) is 1. The molecule has 19 heavy (non-hydrogen) atoms. The number of benzene rings is 1.